The molecule has 6 aromatic rings. The number of hydrogen-bond acceptors (Lipinski definition) is 7. The summed E-state index contributed by atoms with van der Waals surface area (Å²) in [5, 5.41) is 12.3. The Morgan fingerprint density at radius 1 is 0.974 bits per heavy atom. The second kappa shape index (κ2) is 9.64. The van der Waals surface area contributed by atoms with Gasteiger partial charge in [-0.3, -0.25) is 24.7 Å². The predicted molar refractivity (Wildman–Crippen MR) is 149 cm³/mol. The minimum Gasteiger partial charge on any atom is -0.352 e. The molecule has 0 radical (unpaired) electrons. The van der Waals surface area contributed by atoms with Gasteiger partial charge in [0.15, 0.2) is 11.4 Å². The molecule has 0 fully saturated rings. The fourth-order valence-electron chi connectivity index (χ4n) is 4.43. The maximum Gasteiger partial charge on any atom is 0.224 e. The van der Waals surface area contributed by atoms with Gasteiger partial charge in [-0.25, -0.2) is 4.98 Å². The lowest BCUT2D eigenvalue weighted by Crippen LogP contribution is -2.10. The van der Waals surface area contributed by atoms with E-state index in [-0.39, 0.29) is 11.7 Å². The smallest absolute Gasteiger partial charge is 0.224 e. The normalized spacial score (nSPS) is 11.3. The van der Waals surface area contributed by atoms with E-state index in [0.29, 0.717) is 17.8 Å². The summed E-state index contributed by atoms with van der Waals surface area (Å²) < 4.78 is 0. The number of fused-ring (bicyclic) bond motifs is 2. The van der Waals surface area contributed by atoms with Crippen molar-refractivity contribution in [3.8, 4) is 33.0 Å². The zero-order valence-corrected chi connectivity index (χ0v) is 21.5. The summed E-state index contributed by atoms with van der Waals surface area (Å²) in [4.78, 5) is 42.3. The summed E-state index contributed by atoms with van der Waals surface area (Å²) in [6, 6.07) is 9.77. The van der Waals surface area contributed by atoms with E-state index in [4.69, 9.17) is 0 Å². The first-order chi connectivity index (χ1) is 18.5. The van der Waals surface area contributed by atoms with Crippen LogP contribution in [0.1, 0.15) is 36.4 Å². The third-order valence-corrected chi connectivity index (χ3v) is 7.49. The number of pyridine rings is 3. The highest BCUT2D eigenvalue weighted by molar-refractivity contribution is 7.17. The lowest BCUT2D eigenvalue weighted by molar-refractivity contribution is -0.116. The Hall–Kier alpha value is -4.70. The number of nitrogens with one attached hydrogen (secondary N) is 3. The second-order valence-corrected chi connectivity index (χ2v) is 10.1. The average Bonchev–Trinajstić information content (AvgIpc) is 3.66. The molecule has 0 aliphatic carbocycles. The molecule has 0 aliphatic heterocycles. The van der Waals surface area contributed by atoms with Gasteiger partial charge in [0.1, 0.15) is 0 Å². The monoisotopic (exact) mass is 521 g/mol. The fraction of sp³-hybridized carbons (Fsp3) is 0.143. The number of nitrogens with zero attached hydrogens (tertiary/aromatic N) is 4. The first-order valence-electron chi connectivity index (χ1n) is 12.2. The lowest BCUT2D eigenvalue weighted by atomic mass is 10.1. The summed E-state index contributed by atoms with van der Waals surface area (Å²) in [7, 11) is 0. The molecular weight excluding hydrogens is 498 g/mol. The van der Waals surface area contributed by atoms with E-state index in [1.54, 1.807) is 31.7 Å². The molecule has 0 saturated heterocycles. The van der Waals surface area contributed by atoms with E-state index in [1.807, 2.05) is 37.4 Å². The first-order valence-corrected chi connectivity index (χ1v) is 13.0. The number of H-pyrrole nitrogens is 2. The van der Waals surface area contributed by atoms with Crippen molar-refractivity contribution in [1.29, 1.82) is 0 Å². The van der Waals surface area contributed by atoms with Crippen molar-refractivity contribution in [1.82, 2.24) is 30.1 Å². The number of ketones is 1. The molecule has 6 aromatic heterocycles. The van der Waals surface area contributed by atoms with Crippen molar-refractivity contribution in [3.05, 3.63) is 66.2 Å². The molecule has 0 spiro atoms. The van der Waals surface area contributed by atoms with Crippen molar-refractivity contribution in [2.45, 2.75) is 26.7 Å². The minimum atomic E-state index is -0.0371. The number of carbonyl (C=O) groups is 2. The van der Waals surface area contributed by atoms with Crippen LogP contribution in [0, 0.1) is 0 Å². The van der Waals surface area contributed by atoms with Crippen LogP contribution in [-0.2, 0) is 4.79 Å². The minimum absolute atomic E-state index is 0.0371. The Kier molecular flexibility index (Phi) is 6.01. The maximum absolute atomic E-state index is 12.0. The first kappa shape index (κ1) is 23.7. The zero-order valence-electron chi connectivity index (χ0n) is 20.7. The van der Waals surface area contributed by atoms with Crippen LogP contribution in [0.5, 0.6) is 0 Å². The number of carbonyl (C=O) groups excluding carboxylic acids is 2. The van der Waals surface area contributed by atoms with Crippen molar-refractivity contribution < 1.29 is 9.59 Å². The highest BCUT2D eigenvalue weighted by Crippen LogP contribution is 2.36. The van der Waals surface area contributed by atoms with E-state index in [9.17, 15) is 9.59 Å². The van der Waals surface area contributed by atoms with Crippen LogP contribution in [-0.4, -0.2) is 41.8 Å². The van der Waals surface area contributed by atoms with Crippen molar-refractivity contribution in [2.75, 3.05) is 5.32 Å². The van der Waals surface area contributed by atoms with Crippen LogP contribution >= 0.6 is 11.3 Å². The highest BCUT2D eigenvalue weighted by Gasteiger charge is 2.16. The van der Waals surface area contributed by atoms with Gasteiger partial charge in [0, 0.05) is 57.4 Å². The Morgan fingerprint density at radius 2 is 1.82 bits per heavy atom. The van der Waals surface area contributed by atoms with Gasteiger partial charge in [-0.2, -0.15) is 5.10 Å². The third-order valence-electron chi connectivity index (χ3n) is 6.28. The van der Waals surface area contributed by atoms with Gasteiger partial charge in [0.25, 0.3) is 0 Å². The highest BCUT2D eigenvalue weighted by atomic mass is 32.1. The van der Waals surface area contributed by atoms with Gasteiger partial charge < -0.3 is 10.3 Å². The molecule has 0 aliphatic rings. The van der Waals surface area contributed by atoms with E-state index in [2.05, 4.69) is 41.5 Å². The molecule has 0 bridgehead atoms. The summed E-state index contributed by atoms with van der Waals surface area (Å²) in [5.74, 6) is 0.0114. The SMILES string of the molecule is CCCC(=O)Nc1cncc(-c2cnc3n[nH]c(-c4cc5c(-c6ccc(C(C)=O)s6)cncc5[nH]4)c3c2)c1. The molecule has 1 amide bonds. The summed E-state index contributed by atoms with van der Waals surface area (Å²) in [6.07, 6.45) is 9.97. The molecule has 188 valence electrons. The van der Waals surface area contributed by atoms with E-state index in [0.717, 1.165) is 60.5 Å². The Labute approximate surface area is 221 Å². The number of thiophene rings is 1. The topological polar surface area (TPSA) is 129 Å². The number of anilines is 1. The summed E-state index contributed by atoms with van der Waals surface area (Å²) in [6.45, 7) is 3.54. The number of aromatic amines is 2. The average molecular weight is 522 g/mol. The van der Waals surface area contributed by atoms with E-state index >= 15 is 0 Å². The summed E-state index contributed by atoms with van der Waals surface area (Å²) >= 11 is 1.46. The van der Waals surface area contributed by atoms with E-state index < -0.39 is 0 Å². The number of rotatable bonds is 7. The molecule has 0 unspecified atom stereocenters. The molecule has 6 rings (SSSR count). The molecule has 10 heteroatoms. The van der Waals surface area contributed by atoms with Crippen LogP contribution in [0.2, 0.25) is 0 Å². The standard InChI is InChI=1S/C28H23N7O2S/c1-3-4-26(37)32-18-7-16(10-29-12-18)17-8-20-27(34-35-28(20)31-11-17)22-9-19-21(13-30-14-23(19)33-22)25-6-5-24(38-25)15(2)36/h5-14,33H,3-4H2,1-2H3,(H,32,37)(H,31,34,35). The fourth-order valence-corrected chi connectivity index (χ4v) is 5.36. The zero-order chi connectivity index (χ0) is 26.2. The van der Waals surface area contributed by atoms with Gasteiger partial charge in [-0.05, 0) is 43.7 Å². The third kappa shape index (κ3) is 4.35. The molecule has 9 nitrogen and oxygen atoms in total. The number of hydrogen-bond donors (Lipinski definition) is 3. The predicted octanol–water partition coefficient (Wildman–Crippen LogP) is 6.23. The van der Waals surface area contributed by atoms with E-state index in [1.165, 1.54) is 11.3 Å². The van der Waals surface area contributed by atoms with Crippen LogP contribution in [0.15, 0.2) is 61.3 Å². The van der Waals surface area contributed by atoms with Crippen molar-refractivity contribution >= 4 is 50.7 Å². The van der Waals surface area contributed by atoms with Gasteiger partial charge in [0.2, 0.25) is 5.91 Å². The van der Waals surface area contributed by atoms with Gasteiger partial charge >= 0.3 is 0 Å². The molecule has 38 heavy (non-hydrogen) atoms. The molecular formula is C28H23N7O2S. The largest absolute Gasteiger partial charge is 0.352 e. The Balaban J connectivity index is 1.39. The molecule has 0 aromatic carbocycles. The Morgan fingerprint density at radius 3 is 2.63 bits per heavy atom. The second-order valence-electron chi connectivity index (χ2n) is 9.01. The number of Topliss-reactive ketones (excluding diaryl/α,β-unsaturated/α-hetero) is 1. The van der Waals surface area contributed by atoms with Crippen LogP contribution in [0.25, 0.3) is 54.9 Å². The van der Waals surface area contributed by atoms with Crippen LogP contribution < -0.4 is 5.32 Å². The molecule has 0 saturated carbocycles. The molecule has 6 heterocycles. The lowest BCUT2D eigenvalue weighted by Gasteiger charge is -2.07. The van der Waals surface area contributed by atoms with Gasteiger partial charge in [-0.1, -0.05) is 6.92 Å². The number of aromatic nitrogens is 6. The van der Waals surface area contributed by atoms with Crippen LogP contribution in [0.3, 0.4) is 0 Å². The van der Waals surface area contributed by atoms with Gasteiger partial charge in [0.05, 0.1) is 39.9 Å². The molecule has 3 N–H and O–H groups in total. The summed E-state index contributed by atoms with van der Waals surface area (Å²) in [5.41, 5.74) is 6.40. The van der Waals surface area contributed by atoms with Crippen LogP contribution in [0.4, 0.5) is 5.69 Å². The Bertz CT molecular complexity index is 1830. The maximum atomic E-state index is 12.0. The van der Waals surface area contributed by atoms with Gasteiger partial charge in [-0.15, -0.1) is 11.3 Å². The van der Waals surface area contributed by atoms with Crippen molar-refractivity contribution in [2.24, 2.45) is 0 Å². The quantitative estimate of drug-likeness (QED) is 0.214. The van der Waals surface area contributed by atoms with Crippen molar-refractivity contribution in [3.63, 3.8) is 0 Å². The molecule has 0 atom stereocenters. The number of amides is 1.